The second-order valence-corrected chi connectivity index (χ2v) is 3.36. The maximum atomic E-state index is 9.46. The zero-order chi connectivity index (χ0) is 6.62. The highest BCUT2D eigenvalue weighted by Crippen LogP contribution is 2.26. The van der Waals surface area contributed by atoms with Crippen molar-refractivity contribution in [2.45, 2.75) is 3.79 Å². The Morgan fingerprint density at radius 1 is 1.38 bits per heavy atom. The molecule has 45 valence electrons. The van der Waals surface area contributed by atoms with Gasteiger partial charge in [0, 0.05) is 0 Å². The lowest BCUT2D eigenvalue weighted by Gasteiger charge is -1.98. The Morgan fingerprint density at radius 2 is 1.88 bits per heavy atom. The van der Waals surface area contributed by atoms with Crippen LogP contribution in [-0.2, 0) is 4.79 Å². The summed E-state index contributed by atoms with van der Waals surface area (Å²) in [6, 6.07) is 0. The lowest BCUT2D eigenvalue weighted by molar-refractivity contribution is 0.564. The summed E-state index contributed by atoms with van der Waals surface area (Å²) in [5.41, 5.74) is 0. The van der Waals surface area contributed by atoms with E-state index in [9.17, 15) is 4.79 Å². The van der Waals surface area contributed by atoms with Crippen LogP contribution in [0, 0.1) is 0 Å². The lowest BCUT2D eigenvalue weighted by Crippen LogP contribution is -1.93. The molecule has 0 fully saturated rings. The molecular weight excluding hydrogens is 170 g/mol. The van der Waals surface area contributed by atoms with Gasteiger partial charge in [0.1, 0.15) is 0 Å². The van der Waals surface area contributed by atoms with E-state index >= 15 is 0 Å². The highest BCUT2D eigenvalue weighted by atomic mass is 35.6. The third-order valence-electron chi connectivity index (χ3n) is 0.340. The van der Waals surface area contributed by atoms with E-state index < -0.39 is 3.79 Å². The van der Waals surface area contributed by atoms with Crippen LogP contribution in [0.1, 0.15) is 0 Å². The van der Waals surface area contributed by atoms with Gasteiger partial charge in [-0.25, -0.2) is 0 Å². The molecule has 0 aliphatic carbocycles. The van der Waals surface area contributed by atoms with Crippen LogP contribution in [0.15, 0.2) is 12.2 Å². The van der Waals surface area contributed by atoms with Crippen molar-refractivity contribution in [1.82, 2.24) is 0 Å². The van der Waals surface area contributed by atoms with Gasteiger partial charge in [0.05, 0.1) is 0 Å². The molecule has 0 unspecified atom stereocenters. The summed E-state index contributed by atoms with van der Waals surface area (Å²) in [7, 11) is 0. The SMILES string of the molecule is O=[C]C=CC(Cl)(Cl)Cl. The summed E-state index contributed by atoms with van der Waals surface area (Å²) in [6.45, 7) is 0. The maximum Gasteiger partial charge on any atom is 0.225 e. The molecule has 0 rings (SSSR count). The number of rotatable bonds is 1. The molecular formula is C4H2Cl3O. The first-order chi connectivity index (χ1) is 3.56. The van der Waals surface area contributed by atoms with E-state index in [1.807, 2.05) is 0 Å². The summed E-state index contributed by atoms with van der Waals surface area (Å²) in [5, 5.41) is 0. The fourth-order valence-corrected chi connectivity index (χ4v) is 0.317. The Bertz CT molecular complexity index is 102. The van der Waals surface area contributed by atoms with Crippen molar-refractivity contribution < 1.29 is 4.79 Å². The molecule has 0 saturated heterocycles. The van der Waals surface area contributed by atoms with Gasteiger partial charge in [0.25, 0.3) is 0 Å². The van der Waals surface area contributed by atoms with Gasteiger partial charge < -0.3 is 0 Å². The normalized spacial score (nSPS) is 12.4. The van der Waals surface area contributed by atoms with Crippen LogP contribution in [0.2, 0.25) is 0 Å². The third-order valence-corrected chi connectivity index (χ3v) is 0.718. The number of hydrogen-bond acceptors (Lipinski definition) is 1. The molecule has 0 atom stereocenters. The Morgan fingerprint density at radius 3 is 2.00 bits per heavy atom. The lowest BCUT2D eigenvalue weighted by atomic mass is 10.6. The van der Waals surface area contributed by atoms with Gasteiger partial charge in [0.15, 0.2) is 0 Å². The van der Waals surface area contributed by atoms with E-state index in [4.69, 9.17) is 34.8 Å². The first kappa shape index (κ1) is 8.28. The number of halogens is 3. The zero-order valence-electron chi connectivity index (χ0n) is 3.70. The van der Waals surface area contributed by atoms with Gasteiger partial charge in [-0.2, -0.15) is 0 Å². The Labute approximate surface area is 62.2 Å². The molecule has 0 amide bonds. The van der Waals surface area contributed by atoms with Crippen LogP contribution in [0.25, 0.3) is 0 Å². The smallest absolute Gasteiger partial charge is 0.225 e. The molecule has 1 radical (unpaired) electrons. The highest BCUT2D eigenvalue weighted by Gasteiger charge is 2.12. The minimum Gasteiger partial charge on any atom is -0.286 e. The fourth-order valence-electron chi connectivity index (χ4n) is 0.129. The molecule has 0 aliphatic rings. The topological polar surface area (TPSA) is 17.1 Å². The summed E-state index contributed by atoms with van der Waals surface area (Å²) in [6.07, 6.45) is 3.56. The number of carbonyl (C=O) groups excluding carboxylic acids is 1. The van der Waals surface area contributed by atoms with Gasteiger partial charge in [0.2, 0.25) is 10.1 Å². The molecule has 4 heteroatoms. The highest BCUT2D eigenvalue weighted by molar-refractivity contribution is 6.69. The summed E-state index contributed by atoms with van der Waals surface area (Å²) >= 11 is 15.5. The van der Waals surface area contributed by atoms with E-state index in [1.165, 1.54) is 6.29 Å². The van der Waals surface area contributed by atoms with Crippen molar-refractivity contribution in [1.29, 1.82) is 0 Å². The summed E-state index contributed by atoms with van der Waals surface area (Å²) < 4.78 is -1.47. The van der Waals surface area contributed by atoms with Crippen LogP contribution in [0.5, 0.6) is 0 Å². The van der Waals surface area contributed by atoms with E-state index in [1.54, 1.807) is 0 Å². The van der Waals surface area contributed by atoms with Crippen LogP contribution in [-0.4, -0.2) is 10.1 Å². The van der Waals surface area contributed by atoms with Gasteiger partial charge in [-0.3, -0.25) is 4.79 Å². The molecule has 1 nitrogen and oxygen atoms in total. The average Bonchev–Trinajstić information content (AvgIpc) is 1.59. The Kier molecular flexibility index (Phi) is 3.45. The molecule has 8 heavy (non-hydrogen) atoms. The first-order valence-electron chi connectivity index (χ1n) is 1.68. The zero-order valence-corrected chi connectivity index (χ0v) is 5.96. The number of hydrogen-bond donors (Lipinski definition) is 0. The van der Waals surface area contributed by atoms with Gasteiger partial charge in [-0.1, -0.05) is 34.8 Å². The predicted molar refractivity (Wildman–Crippen MR) is 35.1 cm³/mol. The van der Waals surface area contributed by atoms with Gasteiger partial charge in [-0.15, -0.1) is 0 Å². The van der Waals surface area contributed by atoms with Crippen molar-refractivity contribution >= 4 is 41.1 Å². The van der Waals surface area contributed by atoms with E-state index in [0.29, 0.717) is 0 Å². The maximum absolute atomic E-state index is 9.46. The minimum atomic E-state index is -1.47. The average molecular weight is 172 g/mol. The molecule has 0 spiro atoms. The van der Waals surface area contributed by atoms with Crippen molar-refractivity contribution in [2.24, 2.45) is 0 Å². The van der Waals surface area contributed by atoms with Crippen molar-refractivity contribution in [2.75, 3.05) is 0 Å². The second-order valence-electron chi connectivity index (χ2n) is 0.993. The number of allylic oxidation sites excluding steroid dienone is 2. The Balaban J connectivity index is 3.69. The minimum absolute atomic E-state index is 1.01. The second kappa shape index (κ2) is 3.33. The van der Waals surface area contributed by atoms with Gasteiger partial charge >= 0.3 is 0 Å². The largest absolute Gasteiger partial charge is 0.286 e. The quantitative estimate of drug-likeness (QED) is 0.437. The summed E-state index contributed by atoms with van der Waals surface area (Å²) in [5.74, 6) is 0. The molecule has 0 aromatic carbocycles. The number of alkyl halides is 3. The molecule has 0 aromatic rings. The molecule has 0 N–H and O–H groups in total. The van der Waals surface area contributed by atoms with Crippen molar-refractivity contribution in [3.05, 3.63) is 12.2 Å². The first-order valence-corrected chi connectivity index (χ1v) is 2.82. The van der Waals surface area contributed by atoms with Crippen LogP contribution in [0.3, 0.4) is 0 Å². The molecule has 0 saturated carbocycles. The molecule has 0 aromatic heterocycles. The monoisotopic (exact) mass is 171 g/mol. The van der Waals surface area contributed by atoms with E-state index in [0.717, 1.165) is 12.2 Å². The van der Waals surface area contributed by atoms with Crippen molar-refractivity contribution in [3.8, 4) is 0 Å². The standard InChI is InChI=1S/C4H2Cl3O/c5-4(6,7)2-1-3-8/h1-2H. The predicted octanol–water partition coefficient (Wildman–Crippen LogP) is 2.02. The molecule has 0 heterocycles. The third kappa shape index (κ3) is 6.28. The molecule has 0 aliphatic heterocycles. The van der Waals surface area contributed by atoms with E-state index in [2.05, 4.69) is 0 Å². The fraction of sp³-hybridized carbons (Fsp3) is 0.250. The van der Waals surface area contributed by atoms with Crippen molar-refractivity contribution in [3.63, 3.8) is 0 Å². The molecule has 0 bridgehead atoms. The van der Waals surface area contributed by atoms with Crippen LogP contribution < -0.4 is 0 Å². The summed E-state index contributed by atoms with van der Waals surface area (Å²) in [4.78, 5) is 9.46. The van der Waals surface area contributed by atoms with E-state index in [-0.39, 0.29) is 0 Å². The Hall–Kier alpha value is 0.280. The van der Waals surface area contributed by atoms with Crippen LogP contribution >= 0.6 is 34.8 Å². The van der Waals surface area contributed by atoms with Gasteiger partial charge in [-0.05, 0) is 12.2 Å². The van der Waals surface area contributed by atoms with Crippen LogP contribution in [0.4, 0.5) is 0 Å².